The third-order valence-corrected chi connectivity index (χ3v) is 3.98. The maximum atomic E-state index is 12.0. The van der Waals surface area contributed by atoms with Gasteiger partial charge >= 0.3 is 11.9 Å². The zero-order valence-electron chi connectivity index (χ0n) is 10.1. The van der Waals surface area contributed by atoms with E-state index >= 15 is 0 Å². The molecule has 0 saturated carbocycles. The first-order valence-electron chi connectivity index (χ1n) is 5.63. The predicted octanol–water partition coefficient (Wildman–Crippen LogP) is 3.47. The van der Waals surface area contributed by atoms with Crippen LogP contribution in [-0.2, 0) is 14.3 Å². The van der Waals surface area contributed by atoms with Crippen molar-refractivity contribution in [1.29, 1.82) is 0 Å². The highest BCUT2D eigenvalue weighted by atomic mass is 35.5. The summed E-state index contributed by atoms with van der Waals surface area (Å²) in [5, 5.41) is 9.08. The molecule has 0 radical (unpaired) electrons. The Labute approximate surface area is 126 Å². The summed E-state index contributed by atoms with van der Waals surface area (Å²) in [6.07, 6.45) is 3.35. The van der Waals surface area contributed by atoms with Gasteiger partial charge in [-0.2, -0.15) is 0 Å². The molecule has 0 spiro atoms. The van der Waals surface area contributed by atoms with Gasteiger partial charge in [0.25, 0.3) is 0 Å². The minimum absolute atomic E-state index is 0.00918. The summed E-state index contributed by atoms with van der Waals surface area (Å²) in [4.78, 5) is 23.0. The number of esters is 1. The number of carbonyl (C=O) groups is 2. The summed E-state index contributed by atoms with van der Waals surface area (Å²) in [6.45, 7) is 1.51. The first-order valence-corrected chi connectivity index (χ1v) is 6.77. The molecule has 0 aromatic carbocycles. The molecular formula is C12H13Cl3O4. The SMILES string of the molecule is C[C@@H](OC(=O)[C@H]1CC=CC[C@@H]1C(=O)O)C(Cl)=C(Cl)Cl. The largest absolute Gasteiger partial charge is 0.481 e. The number of hydrogen-bond acceptors (Lipinski definition) is 3. The van der Waals surface area contributed by atoms with E-state index in [9.17, 15) is 9.59 Å². The van der Waals surface area contributed by atoms with E-state index in [0.29, 0.717) is 12.8 Å². The number of carbonyl (C=O) groups excluding carboxylic acids is 1. The van der Waals surface area contributed by atoms with E-state index in [-0.39, 0.29) is 9.52 Å². The second-order valence-electron chi connectivity index (χ2n) is 4.18. The Kier molecular flexibility index (Phi) is 6.17. The van der Waals surface area contributed by atoms with E-state index in [1.807, 2.05) is 0 Å². The van der Waals surface area contributed by atoms with Crippen LogP contribution in [0.15, 0.2) is 21.7 Å². The third kappa shape index (κ3) is 4.41. The third-order valence-electron chi connectivity index (χ3n) is 2.88. The van der Waals surface area contributed by atoms with Crippen LogP contribution in [0.25, 0.3) is 0 Å². The fourth-order valence-corrected chi connectivity index (χ4v) is 2.17. The molecule has 0 aromatic heterocycles. The van der Waals surface area contributed by atoms with Gasteiger partial charge in [0.1, 0.15) is 10.6 Å². The summed E-state index contributed by atoms with van der Waals surface area (Å²) in [5.41, 5.74) is 0. The topological polar surface area (TPSA) is 63.6 Å². The van der Waals surface area contributed by atoms with Gasteiger partial charge in [0.2, 0.25) is 0 Å². The van der Waals surface area contributed by atoms with Crippen LogP contribution in [-0.4, -0.2) is 23.1 Å². The lowest BCUT2D eigenvalue weighted by Crippen LogP contribution is -2.34. The van der Waals surface area contributed by atoms with Crippen LogP contribution in [0.5, 0.6) is 0 Å². The van der Waals surface area contributed by atoms with Crippen LogP contribution in [0.2, 0.25) is 0 Å². The van der Waals surface area contributed by atoms with Crippen LogP contribution in [0.1, 0.15) is 19.8 Å². The molecule has 0 amide bonds. The fourth-order valence-electron chi connectivity index (χ4n) is 1.81. The quantitative estimate of drug-likeness (QED) is 0.634. The Hall–Kier alpha value is -0.710. The van der Waals surface area contributed by atoms with Crippen LogP contribution in [0, 0.1) is 11.8 Å². The molecular weight excluding hydrogens is 314 g/mol. The molecule has 0 aliphatic heterocycles. The maximum absolute atomic E-state index is 12.0. The monoisotopic (exact) mass is 326 g/mol. The Bertz CT molecular complexity index is 427. The predicted molar refractivity (Wildman–Crippen MR) is 73.1 cm³/mol. The van der Waals surface area contributed by atoms with E-state index in [1.54, 1.807) is 12.2 Å². The Morgan fingerprint density at radius 1 is 1.21 bits per heavy atom. The minimum atomic E-state index is -1.02. The van der Waals surface area contributed by atoms with Crippen molar-refractivity contribution in [3.8, 4) is 0 Å². The van der Waals surface area contributed by atoms with Crippen LogP contribution < -0.4 is 0 Å². The van der Waals surface area contributed by atoms with Gasteiger partial charge in [-0.1, -0.05) is 47.0 Å². The lowest BCUT2D eigenvalue weighted by molar-refractivity contribution is -0.159. The van der Waals surface area contributed by atoms with Crippen molar-refractivity contribution in [1.82, 2.24) is 0 Å². The Morgan fingerprint density at radius 2 is 1.74 bits per heavy atom. The molecule has 0 saturated heterocycles. The smallest absolute Gasteiger partial charge is 0.310 e. The van der Waals surface area contributed by atoms with Gasteiger partial charge in [-0.15, -0.1) is 0 Å². The second-order valence-corrected chi connectivity index (χ2v) is 5.54. The van der Waals surface area contributed by atoms with Gasteiger partial charge in [0.15, 0.2) is 0 Å². The highest BCUT2D eigenvalue weighted by molar-refractivity contribution is 6.59. The number of hydrogen-bond donors (Lipinski definition) is 1. The van der Waals surface area contributed by atoms with E-state index in [4.69, 9.17) is 44.6 Å². The molecule has 0 heterocycles. The van der Waals surface area contributed by atoms with Crippen LogP contribution in [0.3, 0.4) is 0 Å². The second kappa shape index (κ2) is 7.17. The number of halogens is 3. The number of allylic oxidation sites excluding steroid dienone is 2. The van der Waals surface area contributed by atoms with Crippen LogP contribution in [0.4, 0.5) is 0 Å². The molecule has 1 aliphatic carbocycles. The lowest BCUT2D eigenvalue weighted by atomic mass is 9.83. The van der Waals surface area contributed by atoms with Gasteiger partial charge < -0.3 is 9.84 Å². The maximum Gasteiger partial charge on any atom is 0.310 e. The average Bonchev–Trinajstić information content (AvgIpc) is 2.37. The van der Waals surface area contributed by atoms with Gasteiger partial charge in [0.05, 0.1) is 16.9 Å². The molecule has 7 heteroatoms. The Morgan fingerprint density at radius 3 is 2.21 bits per heavy atom. The van der Waals surface area contributed by atoms with E-state index < -0.39 is 29.9 Å². The number of aliphatic carboxylic acids is 1. The van der Waals surface area contributed by atoms with Crippen molar-refractivity contribution in [3.63, 3.8) is 0 Å². The van der Waals surface area contributed by atoms with Gasteiger partial charge in [-0.25, -0.2) is 0 Å². The van der Waals surface area contributed by atoms with Gasteiger partial charge in [-0.05, 0) is 19.8 Å². The normalized spacial score (nSPS) is 23.6. The molecule has 0 unspecified atom stereocenters. The summed E-state index contributed by atoms with van der Waals surface area (Å²) < 4.78 is 4.92. The first-order chi connectivity index (χ1) is 8.84. The standard InChI is InChI=1S/C12H13Cl3O4/c1-6(9(13)10(14)15)19-12(18)8-5-3-2-4-7(8)11(16)17/h2-3,6-8H,4-5H2,1H3,(H,16,17)/t6-,7+,8+/m1/s1. The first kappa shape index (κ1) is 16.3. The molecule has 0 fully saturated rings. The summed E-state index contributed by atoms with van der Waals surface area (Å²) in [6, 6.07) is 0. The summed E-state index contributed by atoms with van der Waals surface area (Å²) in [5.74, 6) is -3.13. The highest BCUT2D eigenvalue weighted by Gasteiger charge is 2.36. The van der Waals surface area contributed by atoms with Crippen molar-refractivity contribution in [2.75, 3.05) is 0 Å². The molecule has 4 nitrogen and oxygen atoms in total. The number of carboxylic acid groups (broad SMARTS) is 1. The van der Waals surface area contributed by atoms with Crippen LogP contribution >= 0.6 is 34.8 Å². The van der Waals surface area contributed by atoms with Crippen molar-refractivity contribution in [3.05, 3.63) is 21.7 Å². The van der Waals surface area contributed by atoms with Crippen molar-refractivity contribution >= 4 is 46.7 Å². The van der Waals surface area contributed by atoms with Crippen molar-refractivity contribution < 1.29 is 19.4 Å². The number of rotatable bonds is 4. The zero-order valence-corrected chi connectivity index (χ0v) is 12.4. The van der Waals surface area contributed by atoms with Gasteiger partial charge in [0, 0.05) is 0 Å². The fraction of sp³-hybridized carbons (Fsp3) is 0.500. The Balaban J connectivity index is 2.74. The average molecular weight is 328 g/mol. The number of ether oxygens (including phenoxy) is 1. The zero-order chi connectivity index (χ0) is 14.6. The van der Waals surface area contributed by atoms with E-state index in [1.165, 1.54) is 6.92 Å². The summed E-state index contributed by atoms with van der Waals surface area (Å²) >= 11 is 16.7. The molecule has 106 valence electrons. The van der Waals surface area contributed by atoms with E-state index in [0.717, 1.165) is 0 Å². The summed E-state index contributed by atoms with van der Waals surface area (Å²) in [7, 11) is 0. The molecule has 1 rings (SSSR count). The van der Waals surface area contributed by atoms with Crippen molar-refractivity contribution in [2.24, 2.45) is 11.8 Å². The molecule has 3 atom stereocenters. The number of carboxylic acids is 1. The molecule has 19 heavy (non-hydrogen) atoms. The molecule has 1 aliphatic rings. The highest BCUT2D eigenvalue weighted by Crippen LogP contribution is 2.29. The molecule has 0 aromatic rings. The lowest BCUT2D eigenvalue weighted by Gasteiger charge is -2.25. The minimum Gasteiger partial charge on any atom is -0.481 e. The van der Waals surface area contributed by atoms with E-state index in [2.05, 4.69) is 0 Å². The molecule has 1 N–H and O–H groups in total. The van der Waals surface area contributed by atoms with Crippen molar-refractivity contribution in [2.45, 2.75) is 25.9 Å². The molecule has 0 bridgehead atoms. The van der Waals surface area contributed by atoms with Gasteiger partial charge in [-0.3, -0.25) is 9.59 Å².